The Bertz CT molecular complexity index is 1000. The van der Waals surface area contributed by atoms with Crippen LogP contribution >= 0.6 is 0 Å². The fourth-order valence-electron chi connectivity index (χ4n) is 6.56. The fourth-order valence-corrected chi connectivity index (χ4v) is 6.56. The van der Waals surface area contributed by atoms with Gasteiger partial charge in [-0.1, -0.05) is 166 Å². The van der Waals surface area contributed by atoms with Gasteiger partial charge in [0.05, 0.1) is 40.3 Å². The third-order valence-electron chi connectivity index (χ3n) is 10.0. The van der Waals surface area contributed by atoms with E-state index in [1.165, 1.54) is 96.3 Å². The SMILES string of the molecule is CC/C=C/C/C=C/C/C=C/CCCCCCCCCCCC(=O)OC(COCCC(C(=O)[O-])[N+](C)(C)C)COC(=O)CCCCCCCCCCCCCC. The number of hydrogen-bond acceptors (Lipinski definition) is 7. The summed E-state index contributed by atoms with van der Waals surface area (Å²) in [7, 11) is 5.41. The molecule has 0 aliphatic heterocycles. The van der Waals surface area contributed by atoms with Crippen LogP contribution in [0.3, 0.4) is 0 Å². The Morgan fingerprint density at radius 1 is 0.564 bits per heavy atom. The second-order valence-corrected chi connectivity index (χ2v) is 16.3. The molecule has 0 aliphatic carbocycles. The predicted octanol–water partition coefficient (Wildman–Crippen LogP) is 10.9. The number of ether oxygens (including phenoxy) is 3. The van der Waals surface area contributed by atoms with Crippen LogP contribution < -0.4 is 5.11 Å². The summed E-state index contributed by atoms with van der Waals surface area (Å²) in [6.45, 7) is 4.55. The van der Waals surface area contributed by atoms with E-state index in [0.29, 0.717) is 12.8 Å². The van der Waals surface area contributed by atoms with Crippen molar-refractivity contribution < 1.29 is 38.2 Å². The third-order valence-corrected chi connectivity index (χ3v) is 10.0. The lowest BCUT2D eigenvalue weighted by Gasteiger charge is -2.34. The van der Waals surface area contributed by atoms with Gasteiger partial charge in [-0.15, -0.1) is 0 Å². The van der Waals surface area contributed by atoms with Crippen molar-refractivity contribution in [3.05, 3.63) is 36.5 Å². The van der Waals surface area contributed by atoms with Crippen molar-refractivity contribution >= 4 is 17.9 Å². The summed E-state index contributed by atoms with van der Waals surface area (Å²) >= 11 is 0. The second kappa shape index (κ2) is 38.4. The van der Waals surface area contributed by atoms with Gasteiger partial charge in [-0.25, -0.2) is 0 Å². The standard InChI is InChI=1S/C47H85NO7/c1-6-8-10-12-14-16-18-20-21-22-23-24-25-26-28-30-32-34-36-38-46(50)55-43(41-53-40-39-44(47(51)52)48(3,4)5)42-54-45(49)37-35-33-31-29-27-19-17-15-13-11-9-7-2/h8,10,14,16,20-21,43-44H,6-7,9,11-13,15,17-19,22-42H2,1-5H3/b10-8+,16-14+,21-20+. The molecule has 0 rings (SSSR count). The zero-order chi connectivity index (χ0) is 40.7. The largest absolute Gasteiger partial charge is 0.544 e. The molecule has 55 heavy (non-hydrogen) atoms. The molecule has 2 atom stereocenters. The molecule has 0 N–H and O–H groups in total. The smallest absolute Gasteiger partial charge is 0.306 e. The molecule has 0 amide bonds. The molecule has 0 heterocycles. The average Bonchev–Trinajstić information content (AvgIpc) is 3.14. The van der Waals surface area contributed by atoms with Crippen molar-refractivity contribution in [3.63, 3.8) is 0 Å². The van der Waals surface area contributed by atoms with Gasteiger partial charge in [0.25, 0.3) is 0 Å². The summed E-state index contributed by atoms with van der Waals surface area (Å²) in [5, 5.41) is 11.6. The topological polar surface area (TPSA) is 102 Å². The van der Waals surface area contributed by atoms with E-state index in [-0.39, 0.29) is 42.7 Å². The number of hydrogen-bond donors (Lipinski definition) is 0. The highest BCUT2D eigenvalue weighted by atomic mass is 16.6. The molecule has 0 aromatic heterocycles. The molecule has 0 aromatic carbocycles. The van der Waals surface area contributed by atoms with Crippen molar-refractivity contribution in [3.8, 4) is 0 Å². The van der Waals surface area contributed by atoms with Gasteiger partial charge < -0.3 is 28.6 Å². The number of aliphatic carboxylic acids is 1. The minimum Gasteiger partial charge on any atom is -0.544 e. The van der Waals surface area contributed by atoms with E-state index >= 15 is 0 Å². The number of rotatable bonds is 40. The maximum absolute atomic E-state index is 12.7. The number of carboxylic acids is 1. The maximum atomic E-state index is 12.7. The lowest BCUT2D eigenvalue weighted by molar-refractivity contribution is -0.889. The van der Waals surface area contributed by atoms with Crippen molar-refractivity contribution in [2.24, 2.45) is 0 Å². The number of allylic oxidation sites excluding steroid dienone is 6. The Morgan fingerprint density at radius 2 is 1.02 bits per heavy atom. The minimum absolute atomic E-state index is 0.0410. The number of carbonyl (C=O) groups is 3. The molecule has 0 saturated heterocycles. The van der Waals surface area contributed by atoms with Gasteiger partial charge in [0.15, 0.2) is 6.10 Å². The Balaban J connectivity index is 4.30. The Hall–Kier alpha value is -2.45. The first-order valence-corrected chi connectivity index (χ1v) is 22.5. The summed E-state index contributed by atoms with van der Waals surface area (Å²) in [4.78, 5) is 36.8. The number of quaternary nitrogens is 1. The molecule has 0 aromatic rings. The maximum Gasteiger partial charge on any atom is 0.306 e. The molecule has 0 saturated carbocycles. The van der Waals surface area contributed by atoms with Crippen LogP contribution in [-0.2, 0) is 28.6 Å². The average molecular weight is 776 g/mol. The number of carbonyl (C=O) groups excluding carboxylic acids is 3. The van der Waals surface area contributed by atoms with Crippen LogP contribution in [0.1, 0.15) is 194 Å². The number of carboxylic acid groups (broad SMARTS) is 1. The van der Waals surface area contributed by atoms with E-state index in [9.17, 15) is 19.5 Å². The monoisotopic (exact) mass is 776 g/mol. The summed E-state index contributed by atoms with van der Waals surface area (Å²) < 4.78 is 17.2. The fraction of sp³-hybridized carbons (Fsp3) is 0.809. The predicted molar refractivity (Wildman–Crippen MR) is 227 cm³/mol. The van der Waals surface area contributed by atoms with Crippen LogP contribution in [0.5, 0.6) is 0 Å². The molecule has 2 unspecified atom stereocenters. The van der Waals surface area contributed by atoms with Gasteiger partial charge in [0, 0.05) is 19.3 Å². The first kappa shape index (κ1) is 52.6. The highest BCUT2D eigenvalue weighted by molar-refractivity contribution is 5.70. The number of unbranched alkanes of at least 4 members (excludes halogenated alkanes) is 20. The number of nitrogens with zero attached hydrogens (tertiary/aromatic N) is 1. The molecule has 0 bridgehead atoms. The van der Waals surface area contributed by atoms with Gasteiger partial charge >= 0.3 is 11.9 Å². The Labute approximate surface area is 338 Å². The van der Waals surface area contributed by atoms with E-state index in [1.54, 1.807) is 21.1 Å². The Morgan fingerprint density at radius 3 is 1.51 bits per heavy atom. The highest BCUT2D eigenvalue weighted by Gasteiger charge is 2.25. The van der Waals surface area contributed by atoms with Crippen LogP contribution in [0.15, 0.2) is 36.5 Å². The van der Waals surface area contributed by atoms with E-state index in [0.717, 1.165) is 64.2 Å². The van der Waals surface area contributed by atoms with Crippen molar-refractivity contribution in [1.82, 2.24) is 0 Å². The lowest BCUT2D eigenvalue weighted by atomic mass is 10.0. The molecule has 8 heteroatoms. The second-order valence-electron chi connectivity index (χ2n) is 16.3. The van der Waals surface area contributed by atoms with E-state index in [2.05, 4.69) is 50.3 Å². The summed E-state index contributed by atoms with van der Waals surface area (Å²) in [5.74, 6) is -1.74. The quantitative estimate of drug-likeness (QED) is 0.0264. The van der Waals surface area contributed by atoms with Crippen LogP contribution in [0.4, 0.5) is 0 Å². The lowest BCUT2D eigenvalue weighted by Crippen LogP contribution is -2.55. The molecule has 320 valence electrons. The molecule has 0 radical (unpaired) electrons. The van der Waals surface area contributed by atoms with E-state index in [4.69, 9.17) is 14.2 Å². The summed E-state index contributed by atoms with van der Waals surface area (Å²) in [6, 6.07) is -0.724. The van der Waals surface area contributed by atoms with Crippen molar-refractivity contribution in [1.29, 1.82) is 0 Å². The molecular formula is C47H85NO7. The zero-order valence-electron chi connectivity index (χ0n) is 36.3. The van der Waals surface area contributed by atoms with Crippen molar-refractivity contribution in [2.45, 2.75) is 206 Å². The number of esters is 2. The highest BCUT2D eigenvalue weighted by Crippen LogP contribution is 2.15. The van der Waals surface area contributed by atoms with Gasteiger partial charge in [-0.3, -0.25) is 9.59 Å². The molecule has 0 spiro atoms. The first-order valence-electron chi connectivity index (χ1n) is 22.5. The van der Waals surface area contributed by atoms with Crippen LogP contribution in [0.25, 0.3) is 0 Å². The minimum atomic E-state index is -1.13. The molecular weight excluding hydrogens is 691 g/mol. The number of likely N-dealkylation sites (N-methyl/N-ethyl adjacent to an activating group) is 1. The van der Waals surface area contributed by atoms with Crippen LogP contribution in [0.2, 0.25) is 0 Å². The Kier molecular flexibility index (Phi) is 36.7. The van der Waals surface area contributed by atoms with Crippen LogP contribution in [0, 0.1) is 0 Å². The van der Waals surface area contributed by atoms with Gasteiger partial charge in [-0.2, -0.15) is 0 Å². The third kappa shape index (κ3) is 36.9. The van der Waals surface area contributed by atoms with Crippen LogP contribution in [-0.4, -0.2) is 75.5 Å². The molecule has 8 nitrogen and oxygen atoms in total. The van der Waals surface area contributed by atoms with Gasteiger partial charge in [0.1, 0.15) is 12.6 Å². The van der Waals surface area contributed by atoms with Crippen molar-refractivity contribution in [2.75, 3.05) is 41.0 Å². The molecule has 0 fully saturated rings. The summed E-state index contributed by atoms with van der Waals surface area (Å²) in [6.07, 6.45) is 43.0. The zero-order valence-corrected chi connectivity index (χ0v) is 36.3. The summed E-state index contributed by atoms with van der Waals surface area (Å²) in [5.41, 5.74) is 0. The molecule has 0 aliphatic rings. The van der Waals surface area contributed by atoms with Gasteiger partial charge in [-0.05, 0) is 44.9 Å². The normalized spacial score (nSPS) is 13.3. The van der Waals surface area contributed by atoms with E-state index < -0.39 is 18.1 Å². The van der Waals surface area contributed by atoms with E-state index in [1.807, 2.05) is 0 Å². The van der Waals surface area contributed by atoms with Gasteiger partial charge in [0.2, 0.25) is 0 Å². The first-order chi connectivity index (χ1) is 26.6.